The van der Waals surface area contributed by atoms with Gasteiger partial charge in [0.1, 0.15) is 0 Å². The van der Waals surface area contributed by atoms with Gasteiger partial charge >= 0.3 is 0 Å². The van der Waals surface area contributed by atoms with Crippen molar-refractivity contribution in [3.63, 3.8) is 0 Å². The molecule has 2 fully saturated rings. The summed E-state index contributed by atoms with van der Waals surface area (Å²) in [6.45, 7) is 7.02. The van der Waals surface area contributed by atoms with E-state index in [9.17, 15) is 9.90 Å². The molecule has 24 heavy (non-hydrogen) atoms. The number of carbonyl (C=O) groups excluding carboxylic acids is 1. The number of β-amino-alcohol motifs (C(OH)–C–C–N with tert-alkyl or cyclic N) is 1. The van der Waals surface area contributed by atoms with Crippen LogP contribution in [0, 0.1) is 0 Å². The SMILES string of the molecule is CN(C)CC1(O)CCCN(C(=O)CN2CCN(CCO)CC2)CC1. The fourth-order valence-corrected chi connectivity index (χ4v) is 3.78. The van der Waals surface area contributed by atoms with Gasteiger partial charge in [0.25, 0.3) is 0 Å². The van der Waals surface area contributed by atoms with Gasteiger partial charge in [-0.05, 0) is 33.4 Å². The highest BCUT2D eigenvalue weighted by molar-refractivity contribution is 5.78. The first-order valence-corrected chi connectivity index (χ1v) is 9.12. The summed E-state index contributed by atoms with van der Waals surface area (Å²) in [5, 5.41) is 19.7. The largest absolute Gasteiger partial charge is 0.395 e. The molecule has 2 heterocycles. The number of hydrogen-bond acceptors (Lipinski definition) is 6. The molecule has 2 saturated heterocycles. The second-order valence-electron chi connectivity index (χ2n) is 7.54. The van der Waals surface area contributed by atoms with E-state index in [0.29, 0.717) is 26.1 Å². The highest BCUT2D eigenvalue weighted by atomic mass is 16.3. The molecular formula is C17H34N4O3. The Balaban J connectivity index is 1.77. The molecule has 2 aliphatic rings. The van der Waals surface area contributed by atoms with E-state index in [1.54, 1.807) is 0 Å². The summed E-state index contributed by atoms with van der Waals surface area (Å²) in [7, 11) is 3.95. The second-order valence-corrected chi connectivity index (χ2v) is 7.54. The molecular weight excluding hydrogens is 308 g/mol. The van der Waals surface area contributed by atoms with Crippen molar-refractivity contribution in [3.8, 4) is 0 Å². The van der Waals surface area contributed by atoms with Crippen molar-refractivity contribution in [1.29, 1.82) is 0 Å². The third-order valence-electron chi connectivity index (χ3n) is 5.12. The molecule has 7 nitrogen and oxygen atoms in total. The quantitative estimate of drug-likeness (QED) is 0.639. The number of amides is 1. The fourth-order valence-electron chi connectivity index (χ4n) is 3.78. The minimum absolute atomic E-state index is 0.180. The van der Waals surface area contributed by atoms with Crippen LogP contribution in [0.3, 0.4) is 0 Å². The maximum Gasteiger partial charge on any atom is 0.236 e. The van der Waals surface area contributed by atoms with Gasteiger partial charge in [-0.15, -0.1) is 0 Å². The van der Waals surface area contributed by atoms with E-state index >= 15 is 0 Å². The predicted molar refractivity (Wildman–Crippen MR) is 93.9 cm³/mol. The van der Waals surface area contributed by atoms with Crippen molar-refractivity contribution < 1.29 is 15.0 Å². The predicted octanol–water partition coefficient (Wildman–Crippen LogP) is -1.10. The molecule has 1 atom stereocenters. The molecule has 2 aliphatic heterocycles. The fraction of sp³-hybridized carbons (Fsp3) is 0.941. The maximum atomic E-state index is 12.6. The van der Waals surface area contributed by atoms with Gasteiger partial charge in [-0.1, -0.05) is 0 Å². The van der Waals surface area contributed by atoms with Gasteiger partial charge in [0, 0.05) is 52.4 Å². The lowest BCUT2D eigenvalue weighted by molar-refractivity contribution is -0.133. The van der Waals surface area contributed by atoms with E-state index < -0.39 is 5.60 Å². The summed E-state index contributed by atoms with van der Waals surface area (Å²) in [4.78, 5) is 21.0. The van der Waals surface area contributed by atoms with Crippen LogP contribution < -0.4 is 0 Å². The lowest BCUT2D eigenvalue weighted by Gasteiger charge is -2.35. The number of aliphatic hydroxyl groups excluding tert-OH is 1. The van der Waals surface area contributed by atoms with Crippen LogP contribution in [0.1, 0.15) is 19.3 Å². The summed E-state index contributed by atoms with van der Waals surface area (Å²) in [6.07, 6.45) is 2.27. The Morgan fingerprint density at radius 3 is 2.33 bits per heavy atom. The maximum absolute atomic E-state index is 12.6. The molecule has 0 aromatic heterocycles. The number of likely N-dealkylation sites (tertiary alicyclic amines) is 1. The van der Waals surface area contributed by atoms with Crippen molar-refractivity contribution in [3.05, 3.63) is 0 Å². The van der Waals surface area contributed by atoms with Gasteiger partial charge < -0.3 is 20.0 Å². The van der Waals surface area contributed by atoms with E-state index in [2.05, 4.69) is 9.80 Å². The average Bonchev–Trinajstić information content (AvgIpc) is 2.70. The van der Waals surface area contributed by atoms with E-state index in [1.807, 2.05) is 23.9 Å². The lowest BCUT2D eigenvalue weighted by Crippen LogP contribution is -2.50. The molecule has 1 unspecified atom stereocenters. The van der Waals surface area contributed by atoms with Gasteiger partial charge in [-0.25, -0.2) is 0 Å². The second kappa shape index (κ2) is 9.10. The Labute approximate surface area is 145 Å². The zero-order valence-electron chi connectivity index (χ0n) is 15.3. The highest BCUT2D eigenvalue weighted by Crippen LogP contribution is 2.23. The van der Waals surface area contributed by atoms with Crippen LogP contribution in [0.25, 0.3) is 0 Å². The van der Waals surface area contributed by atoms with E-state index in [1.165, 1.54) is 0 Å². The number of likely N-dealkylation sites (N-methyl/N-ethyl adjacent to an activating group) is 1. The first-order valence-electron chi connectivity index (χ1n) is 9.12. The van der Waals surface area contributed by atoms with Crippen LogP contribution in [-0.2, 0) is 4.79 Å². The van der Waals surface area contributed by atoms with Crippen molar-refractivity contribution in [2.75, 3.05) is 79.6 Å². The Kier molecular flexibility index (Phi) is 7.43. The van der Waals surface area contributed by atoms with Crippen LogP contribution in [0.4, 0.5) is 0 Å². The van der Waals surface area contributed by atoms with Gasteiger partial charge in [0.15, 0.2) is 0 Å². The van der Waals surface area contributed by atoms with E-state index in [-0.39, 0.29) is 12.5 Å². The minimum Gasteiger partial charge on any atom is -0.395 e. The van der Waals surface area contributed by atoms with Gasteiger partial charge in [-0.3, -0.25) is 14.6 Å². The summed E-state index contributed by atoms with van der Waals surface area (Å²) < 4.78 is 0. The van der Waals surface area contributed by atoms with Gasteiger partial charge in [-0.2, -0.15) is 0 Å². The Bertz CT molecular complexity index is 399. The standard InChI is InChI=1S/C17H34N4O3/c1-18(2)15-17(24)4-3-6-21(7-5-17)16(23)14-20-10-8-19(9-11-20)12-13-22/h22,24H,3-15H2,1-2H3. The molecule has 0 bridgehead atoms. The third-order valence-corrected chi connectivity index (χ3v) is 5.12. The topological polar surface area (TPSA) is 70.5 Å². The lowest BCUT2D eigenvalue weighted by atomic mass is 9.94. The molecule has 2 N–H and O–H groups in total. The molecule has 0 aromatic carbocycles. The molecule has 0 aromatic rings. The normalized spacial score (nSPS) is 27.5. The van der Waals surface area contributed by atoms with E-state index in [0.717, 1.165) is 52.1 Å². The number of aliphatic hydroxyl groups is 2. The molecule has 1 amide bonds. The zero-order chi connectivity index (χ0) is 17.6. The van der Waals surface area contributed by atoms with Crippen molar-refractivity contribution in [2.45, 2.75) is 24.9 Å². The molecule has 0 spiro atoms. The number of rotatable bonds is 6. The Morgan fingerprint density at radius 2 is 1.71 bits per heavy atom. The monoisotopic (exact) mass is 342 g/mol. The summed E-state index contributed by atoms with van der Waals surface area (Å²) >= 11 is 0. The number of nitrogens with zero attached hydrogens (tertiary/aromatic N) is 4. The zero-order valence-corrected chi connectivity index (χ0v) is 15.3. The number of carbonyl (C=O) groups is 1. The van der Waals surface area contributed by atoms with Crippen LogP contribution in [0.2, 0.25) is 0 Å². The first-order chi connectivity index (χ1) is 11.4. The smallest absolute Gasteiger partial charge is 0.236 e. The highest BCUT2D eigenvalue weighted by Gasteiger charge is 2.32. The minimum atomic E-state index is -0.672. The van der Waals surface area contributed by atoms with Crippen LogP contribution in [0.5, 0.6) is 0 Å². The summed E-state index contributed by atoms with van der Waals surface area (Å²) in [5.74, 6) is 0.180. The summed E-state index contributed by atoms with van der Waals surface area (Å²) in [6, 6.07) is 0. The summed E-state index contributed by atoms with van der Waals surface area (Å²) in [5.41, 5.74) is -0.672. The molecule has 7 heteroatoms. The molecule has 0 saturated carbocycles. The van der Waals surface area contributed by atoms with Crippen molar-refractivity contribution >= 4 is 5.91 Å². The van der Waals surface area contributed by atoms with Crippen LogP contribution >= 0.6 is 0 Å². The average molecular weight is 342 g/mol. The molecule has 2 rings (SSSR count). The Hall–Kier alpha value is -0.730. The number of hydrogen-bond donors (Lipinski definition) is 2. The third kappa shape index (κ3) is 5.97. The molecule has 0 aliphatic carbocycles. The first kappa shape index (κ1) is 19.6. The molecule has 0 radical (unpaired) electrons. The van der Waals surface area contributed by atoms with Gasteiger partial charge in [0.05, 0.1) is 18.8 Å². The van der Waals surface area contributed by atoms with Crippen molar-refractivity contribution in [1.82, 2.24) is 19.6 Å². The van der Waals surface area contributed by atoms with E-state index in [4.69, 9.17) is 5.11 Å². The van der Waals surface area contributed by atoms with Gasteiger partial charge in [0.2, 0.25) is 5.91 Å². The van der Waals surface area contributed by atoms with Crippen molar-refractivity contribution in [2.24, 2.45) is 0 Å². The molecule has 140 valence electrons. The number of piperazine rings is 1. The Morgan fingerprint density at radius 1 is 1.04 bits per heavy atom. The van der Waals surface area contributed by atoms with Crippen LogP contribution in [-0.4, -0.2) is 121 Å². The van der Waals surface area contributed by atoms with Crippen LogP contribution in [0.15, 0.2) is 0 Å².